The number of para-hydroxylation sites is 1. The number of carbonyl (C=O) groups excluding carboxylic acids is 1. The Morgan fingerprint density at radius 3 is 2.47 bits per heavy atom. The minimum absolute atomic E-state index is 0.292. The smallest absolute Gasteiger partial charge is 0.310 e. The van der Waals surface area contributed by atoms with Gasteiger partial charge < -0.3 is 14.9 Å². The lowest BCUT2D eigenvalue weighted by Crippen LogP contribution is -2.34. The fourth-order valence-corrected chi connectivity index (χ4v) is 3.50. The highest BCUT2D eigenvalue weighted by molar-refractivity contribution is 5.95. The van der Waals surface area contributed by atoms with E-state index in [1.807, 2.05) is 38.1 Å². The number of halogens is 1. The summed E-state index contributed by atoms with van der Waals surface area (Å²) in [5.41, 5.74) is 2.44. The molecule has 1 aliphatic heterocycles. The van der Waals surface area contributed by atoms with E-state index in [1.54, 1.807) is 18.2 Å². The van der Waals surface area contributed by atoms with Crippen LogP contribution in [0, 0.1) is 5.82 Å². The number of rotatable bonds is 7. The maximum absolute atomic E-state index is 13.5. The first-order valence-electron chi connectivity index (χ1n) is 9.56. The molecule has 2 aromatic carbocycles. The van der Waals surface area contributed by atoms with E-state index in [2.05, 4.69) is 0 Å². The third kappa shape index (κ3) is 4.83. The van der Waals surface area contributed by atoms with Crippen LogP contribution in [-0.2, 0) is 9.59 Å². The molecule has 1 atom stereocenters. The Morgan fingerprint density at radius 1 is 1.13 bits per heavy atom. The second kappa shape index (κ2) is 8.63. The molecule has 0 amide bonds. The lowest BCUT2D eigenvalue weighted by Gasteiger charge is -2.36. The summed E-state index contributed by atoms with van der Waals surface area (Å²) in [4.78, 5) is 22.3. The average molecular weight is 410 g/mol. The number of aliphatic carboxylic acids is 1. The Balaban J connectivity index is 2.05. The number of carboxylic acids is 1. The Kier molecular flexibility index (Phi) is 6.17. The van der Waals surface area contributed by atoms with Crippen LogP contribution < -0.4 is 4.74 Å². The van der Waals surface area contributed by atoms with Gasteiger partial charge in [0.2, 0.25) is 0 Å². The van der Waals surface area contributed by atoms with Gasteiger partial charge in [0, 0.05) is 17.6 Å². The number of hydrogen-bond donors (Lipinski definition) is 2. The van der Waals surface area contributed by atoms with Crippen molar-refractivity contribution in [2.45, 2.75) is 38.4 Å². The predicted molar refractivity (Wildman–Crippen MR) is 111 cm³/mol. The summed E-state index contributed by atoms with van der Waals surface area (Å²) in [6.07, 6.45) is 1.09. The van der Waals surface area contributed by atoms with Crippen LogP contribution in [0.2, 0.25) is 0 Å². The minimum atomic E-state index is -1.23. The molecule has 3 rings (SSSR count). The number of carboxylic acid groups (broad SMARTS) is 1. The third-order valence-electron chi connectivity index (χ3n) is 4.84. The second-order valence-electron chi connectivity index (χ2n) is 7.64. The summed E-state index contributed by atoms with van der Waals surface area (Å²) in [5.74, 6) is -1.44. The topological polar surface area (TPSA) is 83.8 Å². The van der Waals surface area contributed by atoms with Crippen LogP contribution in [0.4, 0.5) is 4.39 Å². The molecule has 0 aliphatic carbocycles. The van der Waals surface area contributed by atoms with Gasteiger partial charge in [-0.25, -0.2) is 4.39 Å². The quantitative estimate of drug-likeness (QED) is 0.670. The summed E-state index contributed by atoms with van der Waals surface area (Å²) in [7, 11) is 0. The van der Waals surface area contributed by atoms with E-state index in [1.165, 1.54) is 18.2 Å². The van der Waals surface area contributed by atoms with Crippen molar-refractivity contribution in [1.29, 1.82) is 0 Å². The molecule has 30 heavy (non-hydrogen) atoms. The van der Waals surface area contributed by atoms with E-state index in [0.717, 1.165) is 22.3 Å². The number of fused-ring (bicyclic) bond motifs is 1. The van der Waals surface area contributed by atoms with E-state index < -0.39 is 29.9 Å². The van der Waals surface area contributed by atoms with E-state index >= 15 is 0 Å². The van der Waals surface area contributed by atoms with Gasteiger partial charge in [-0.15, -0.1) is 0 Å². The van der Waals surface area contributed by atoms with Crippen molar-refractivity contribution >= 4 is 17.3 Å². The molecular weight excluding hydrogens is 387 g/mol. The van der Waals surface area contributed by atoms with Crippen molar-refractivity contribution in [2.75, 3.05) is 0 Å². The third-order valence-corrected chi connectivity index (χ3v) is 4.84. The first-order chi connectivity index (χ1) is 14.2. The first-order valence-corrected chi connectivity index (χ1v) is 9.56. The first kappa shape index (κ1) is 21.5. The zero-order chi connectivity index (χ0) is 21.9. The van der Waals surface area contributed by atoms with Crippen LogP contribution in [0.3, 0.4) is 0 Å². The molecule has 0 radical (unpaired) electrons. The standard InChI is InChI=1S/C24H23FO5/c1-24(2)20(12-11-17(26)13-18(27)14-22(28)29)23(15-7-9-16(25)10-8-15)19-5-3-4-6-21(19)30-24/h3-12,17,26H,13-14H2,1-2H3,(H,28,29)/b12-11+. The molecule has 0 aromatic heterocycles. The molecular formula is C24H23FO5. The summed E-state index contributed by atoms with van der Waals surface area (Å²) < 4.78 is 19.7. The van der Waals surface area contributed by atoms with Gasteiger partial charge in [0.15, 0.2) is 0 Å². The predicted octanol–water partition coefficient (Wildman–Crippen LogP) is 4.15. The van der Waals surface area contributed by atoms with E-state index in [0.29, 0.717) is 5.75 Å². The molecule has 0 fully saturated rings. The number of benzene rings is 2. The minimum Gasteiger partial charge on any atom is -0.482 e. The van der Waals surface area contributed by atoms with Crippen LogP contribution in [0.1, 0.15) is 37.8 Å². The Hall–Kier alpha value is -3.25. The fourth-order valence-electron chi connectivity index (χ4n) is 3.50. The van der Waals surface area contributed by atoms with Gasteiger partial charge >= 0.3 is 5.97 Å². The number of Topliss-reactive ketones (excluding diaryl/α,β-unsaturated/α-hetero) is 1. The number of ketones is 1. The highest BCUT2D eigenvalue weighted by Crippen LogP contribution is 2.44. The summed E-state index contributed by atoms with van der Waals surface area (Å²) in [6, 6.07) is 13.7. The number of aliphatic hydroxyl groups excluding tert-OH is 1. The fraction of sp³-hybridized carbons (Fsp3) is 0.250. The van der Waals surface area contributed by atoms with Crippen molar-refractivity contribution in [1.82, 2.24) is 0 Å². The Labute approximate surface area is 174 Å². The molecule has 0 saturated carbocycles. The summed E-state index contributed by atoms with van der Waals surface area (Å²) in [6.45, 7) is 3.77. The number of hydrogen-bond acceptors (Lipinski definition) is 4. The molecule has 6 heteroatoms. The number of aliphatic hydroxyl groups is 1. The molecule has 1 unspecified atom stereocenters. The molecule has 1 heterocycles. The van der Waals surface area contributed by atoms with Gasteiger partial charge in [-0.3, -0.25) is 9.59 Å². The molecule has 0 spiro atoms. The van der Waals surface area contributed by atoms with Gasteiger partial charge in [0.05, 0.1) is 6.10 Å². The highest BCUT2D eigenvalue weighted by atomic mass is 19.1. The van der Waals surface area contributed by atoms with Crippen LogP contribution in [-0.4, -0.2) is 33.7 Å². The molecule has 0 saturated heterocycles. The zero-order valence-electron chi connectivity index (χ0n) is 16.8. The van der Waals surface area contributed by atoms with Gasteiger partial charge in [0.1, 0.15) is 29.4 Å². The Morgan fingerprint density at radius 2 is 1.80 bits per heavy atom. The van der Waals surface area contributed by atoms with Gasteiger partial charge in [-0.1, -0.05) is 42.5 Å². The number of carbonyl (C=O) groups is 2. The van der Waals surface area contributed by atoms with Crippen molar-refractivity contribution in [3.05, 3.63) is 83.2 Å². The molecule has 156 valence electrons. The average Bonchev–Trinajstić information content (AvgIpc) is 2.65. The van der Waals surface area contributed by atoms with Gasteiger partial charge in [-0.2, -0.15) is 0 Å². The summed E-state index contributed by atoms with van der Waals surface area (Å²) in [5, 5.41) is 18.9. The molecule has 1 aliphatic rings. The largest absolute Gasteiger partial charge is 0.482 e. The van der Waals surface area contributed by atoms with Crippen LogP contribution >= 0.6 is 0 Å². The van der Waals surface area contributed by atoms with E-state index in [9.17, 15) is 19.1 Å². The van der Waals surface area contributed by atoms with Crippen LogP contribution in [0.15, 0.2) is 66.3 Å². The molecule has 2 aromatic rings. The monoisotopic (exact) mass is 410 g/mol. The SMILES string of the molecule is CC1(C)Oc2ccccc2C(c2ccc(F)cc2)=C1/C=C/C(O)CC(=O)CC(=O)O. The van der Waals surface area contributed by atoms with E-state index in [-0.39, 0.29) is 12.2 Å². The molecule has 0 bridgehead atoms. The van der Waals surface area contributed by atoms with Crippen molar-refractivity contribution < 1.29 is 28.9 Å². The maximum Gasteiger partial charge on any atom is 0.310 e. The van der Waals surface area contributed by atoms with Crippen LogP contribution in [0.25, 0.3) is 5.57 Å². The lowest BCUT2D eigenvalue weighted by atomic mass is 9.82. The van der Waals surface area contributed by atoms with Crippen molar-refractivity contribution in [2.24, 2.45) is 0 Å². The second-order valence-corrected chi connectivity index (χ2v) is 7.64. The van der Waals surface area contributed by atoms with Gasteiger partial charge in [0.25, 0.3) is 0 Å². The van der Waals surface area contributed by atoms with Gasteiger partial charge in [-0.05, 0) is 43.2 Å². The highest BCUT2D eigenvalue weighted by Gasteiger charge is 2.34. The maximum atomic E-state index is 13.5. The van der Waals surface area contributed by atoms with Crippen LogP contribution in [0.5, 0.6) is 5.75 Å². The number of ether oxygens (including phenoxy) is 1. The summed E-state index contributed by atoms with van der Waals surface area (Å²) >= 11 is 0. The molecule has 5 nitrogen and oxygen atoms in total. The Bertz CT molecular complexity index is 1020. The van der Waals surface area contributed by atoms with E-state index in [4.69, 9.17) is 9.84 Å². The lowest BCUT2D eigenvalue weighted by molar-refractivity contribution is -0.140. The van der Waals surface area contributed by atoms with Crippen molar-refractivity contribution in [3.63, 3.8) is 0 Å². The van der Waals surface area contributed by atoms with Crippen molar-refractivity contribution in [3.8, 4) is 5.75 Å². The molecule has 2 N–H and O–H groups in total. The normalized spacial score (nSPS) is 16.1. The zero-order valence-corrected chi connectivity index (χ0v) is 16.8.